The number of nitrogens with one attached hydrogen (secondary N) is 1. The highest BCUT2D eigenvalue weighted by molar-refractivity contribution is 7.99. The third kappa shape index (κ3) is 4.11. The van der Waals surface area contributed by atoms with Crippen LogP contribution in [0.4, 0.5) is 0 Å². The summed E-state index contributed by atoms with van der Waals surface area (Å²) in [6, 6.07) is 15.2. The first-order valence-corrected chi connectivity index (χ1v) is 11.6. The van der Waals surface area contributed by atoms with E-state index >= 15 is 0 Å². The zero-order valence-electron chi connectivity index (χ0n) is 18.3. The molecule has 0 aliphatic carbocycles. The number of carbonyl (C=O) groups excluding carboxylic acids is 1. The summed E-state index contributed by atoms with van der Waals surface area (Å²) < 4.78 is 8.49. The molecule has 2 aromatic heterocycles. The molecule has 0 radical (unpaired) electrons. The number of rotatable bonds is 6. The minimum atomic E-state index is -0.243. The van der Waals surface area contributed by atoms with Gasteiger partial charge < -0.3 is 10.1 Å². The Morgan fingerprint density at radius 2 is 2.06 bits per heavy atom. The van der Waals surface area contributed by atoms with Gasteiger partial charge >= 0.3 is 0 Å². The van der Waals surface area contributed by atoms with Crippen molar-refractivity contribution >= 4 is 28.7 Å². The van der Waals surface area contributed by atoms with Gasteiger partial charge in [-0.25, -0.2) is 9.67 Å². The van der Waals surface area contributed by atoms with Gasteiger partial charge in [-0.15, -0.1) is 0 Å². The van der Waals surface area contributed by atoms with Crippen LogP contribution in [0, 0.1) is 6.92 Å². The monoisotopic (exact) mass is 461 g/mol. The van der Waals surface area contributed by atoms with Crippen molar-refractivity contribution in [2.75, 3.05) is 12.9 Å². The highest BCUT2D eigenvalue weighted by Crippen LogP contribution is 2.33. The fraction of sp³-hybridized carbons (Fsp3) is 0.250. The van der Waals surface area contributed by atoms with Gasteiger partial charge in [0.25, 0.3) is 5.56 Å². The maximum absolute atomic E-state index is 13.3. The molecule has 4 aromatic rings. The molecule has 1 amide bonds. The number of nitrogens with zero attached hydrogens (tertiary/aromatic N) is 4. The molecule has 1 atom stereocenters. The number of aryl methyl sites for hydroxylation is 1. The van der Waals surface area contributed by atoms with Gasteiger partial charge in [-0.05, 0) is 42.3 Å². The molecule has 8 nitrogen and oxygen atoms in total. The number of hydrogen-bond donors (Lipinski definition) is 1. The highest BCUT2D eigenvalue weighted by Gasteiger charge is 2.29. The van der Waals surface area contributed by atoms with E-state index in [9.17, 15) is 9.59 Å². The third-order valence-electron chi connectivity index (χ3n) is 5.69. The summed E-state index contributed by atoms with van der Waals surface area (Å²) >= 11 is 1.49. The Hall–Kier alpha value is -3.59. The molecule has 2 aromatic carbocycles. The van der Waals surface area contributed by atoms with Gasteiger partial charge in [0.15, 0.2) is 10.8 Å². The van der Waals surface area contributed by atoms with Crippen LogP contribution in [0.25, 0.3) is 16.7 Å². The summed E-state index contributed by atoms with van der Waals surface area (Å²) in [6.45, 7) is 2.43. The maximum Gasteiger partial charge on any atom is 0.265 e. The van der Waals surface area contributed by atoms with E-state index in [1.807, 2.05) is 55.5 Å². The van der Waals surface area contributed by atoms with Crippen molar-refractivity contribution in [3.05, 3.63) is 76.2 Å². The lowest BCUT2D eigenvalue weighted by molar-refractivity contribution is -0.121. The lowest BCUT2D eigenvalue weighted by Gasteiger charge is -2.13. The van der Waals surface area contributed by atoms with Crippen LogP contribution in [0.2, 0.25) is 0 Å². The number of thioether (sulfide) groups is 1. The number of aromatic nitrogens is 4. The van der Waals surface area contributed by atoms with Crippen molar-refractivity contribution in [2.45, 2.75) is 31.1 Å². The minimum Gasteiger partial charge on any atom is -0.497 e. The molecule has 1 unspecified atom stereocenters. The van der Waals surface area contributed by atoms with Crippen LogP contribution in [0.15, 0.2) is 64.7 Å². The second-order valence-electron chi connectivity index (χ2n) is 8.00. The first-order chi connectivity index (χ1) is 16.0. The molecule has 9 heteroatoms. The Morgan fingerprint density at radius 3 is 2.82 bits per heavy atom. The van der Waals surface area contributed by atoms with E-state index in [-0.39, 0.29) is 23.9 Å². The van der Waals surface area contributed by atoms with Crippen molar-refractivity contribution in [3.63, 3.8) is 0 Å². The van der Waals surface area contributed by atoms with E-state index in [0.29, 0.717) is 28.5 Å². The van der Waals surface area contributed by atoms with E-state index in [1.165, 1.54) is 11.8 Å². The van der Waals surface area contributed by atoms with E-state index in [4.69, 9.17) is 9.72 Å². The molecule has 5 rings (SSSR count). The Morgan fingerprint density at radius 1 is 1.24 bits per heavy atom. The van der Waals surface area contributed by atoms with Crippen molar-refractivity contribution in [1.82, 2.24) is 24.6 Å². The molecular weight excluding hydrogens is 438 g/mol. The zero-order chi connectivity index (χ0) is 22.9. The quantitative estimate of drug-likeness (QED) is 0.443. The first-order valence-electron chi connectivity index (χ1n) is 10.6. The van der Waals surface area contributed by atoms with Crippen LogP contribution in [0.3, 0.4) is 0 Å². The Bertz CT molecular complexity index is 1390. The van der Waals surface area contributed by atoms with Gasteiger partial charge in [0.1, 0.15) is 11.1 Å². The largest absolute Gasteiger partial charge is 0.497 e. The van der Waals surface area contributed by atoms with Crippen molar-refractivity contribution in [3.8, 4) is 11.4 Å². The average molecular weight is 462 g/mol. The standard InChI is InChI=1S/C24H23N5O3S/c1-15-4-3-5-17(10-15)29-22-20(13-26-29)23(31)28-18(14-33-24(28)27-22)11-21(30)25-12-16-6-8-19(32-2)9-7-16/h3-10,13,18H,11-12,14H2,1-2H3,(H,25,30). The van der Waals surface area contributed by atoms with Crippen LogP contribution in [0.5, 0.6) is 5.75 Å². The second-order valence-corrected chi connectivity index (χ2v) is 8.98. The molecule has 1 N–H and O–H groups in total. The third-order valence-corrected chi connectivity index (χ3v) is 6.78. The number of ether oxygens (including phenoxy) is 1. The van der Waals surface area contributed by atoms with Gasteiger partial charge in [0.05, 0.1) is 25.0 Å². The summed E-state index contributed by atoms with van der Waals surface area (Å²) in [4.78, 5) is 30.6. The minimum absolute atomic E-state index is 0.105. The second kappa shape index (κ2) is 8.74. The maximum atomic E-state index is 13.3. The van der Waals surface area contributed by atoms with Crippen LogP contribution >= 0.6 is 11.8 Å². The molecule has 0 saturated carbocycles. The van der Waals surface area contributed by atoms with E-state index in [0.717, 1.165) is 22.6 Å². The smallest absolute Gasteiger partial charge is 0.265 e. The van der Waals surface area contributed by atoms with Gasteiger partial charge in [-0.2, -0.15) is 5.10 Å². The fourth-order valence-corrected chi connectivity index (χ4v) is 5.09. The summed E-state index contributed by atoms with van der Waals surface area (Å²) in [5, 5.41) is 8.42. The highest BCUT2D eigenvalue weighted by atomic mass is 32.2. The van der Waals surface area contributed by atoms with Crippen LogP contribution < -0.4 is 15.6 Å². The molecule has 0 fully saturated rings. The predicted octanol–water partition coefficient (Wildman–Crippen LogP) is 3.25. The lowest BCUT2D eigenvalue weighted by atomic mass is 10.2. The molecule has 1 aliphatic rings. The van der Waals surface area contributed by atoms with E-state index in [2.05, 4.69) is 10.4 Å². The van der Waals surface area contributed by atoms with Gasteiger partial charge in [-0.3, -0.25) is 14.2 Å². The van der Waals surface area contributed by atoms with Gasteiger partial charge in [0, 0.05) is 18.7 Å². The van der Waals surface area contributed by atoms with E-state index in [1.54, 1.807) is 22.6 Å². The molecular formula is C24H23N5O3S. The number of benzene rings is 2. The summed E-state index contributed by atoms with van der Waals surface area (Å²) in [5.41, 5.74) is 3.32. The average Bonchev–Trinajstić information content (AvgIpc) is 3.43. The predicted molar refractivity (Wildman–Crippen MR) is 127 cm³/mol. The number of hydrogen-bond acceptors (Lipinski definition) is 6. The number of methoxy groups -OCH3 is 1. The Balaban J connectivity index is 1.35. The first kappa shape index (κ1) is 21.3. The van der Waals surface area contributed by atoms with E-state index < -0.39 is 0 Å². The Labute approximate surface area is 194 Å². The number of amides is 1. The van der Waals surface area contributed by atoms with Crippen LogP contribution in [0.1, 0.15) is 23.6 Å². The number of carbonyl (C=O) groups is 1. The van der Waals surface area contributed by atoms with Crippen LogP contribution in [-0.2, 0) is 11.3 Å². The molecule has 0 spiro atoms. The molecule has 168 valence electrons. The summed E-state index contributed by atoms with van der Waals surface area (Å²) in [5.74, 6) is 1.29. The van der Waals surface area contributed by atoms with Crippen LogP contribution in [-0.4, -0.2) is 38.1 Å². The molecule has 3 heterocycles. The van der Waals surface area contributed by atoms with Gasteiger partial charge in [-0.1, -0.05) is 36.0 Å². The fourth-order valence-electron chi connectivity index (χ4n) is 3.96. The molecule has 1 aliphatic heterocycles. The summed E-state index contributed by atoms with van der Waals surface area (Å²) in [7, 11) is 1.62. The number of fused-ring (bicyclic) bond motifs is 2. The molecule has 0 bridgehead atoms. The Kier molecular flexibility index (Phi) is 5.63. The normalized spacial score (nSPS) is 14.9. The summed E-state index contributed by atoms with van der Waals surface area (Å²) in [6.07, 6.45) is 1.78. The van der Waals surface area contributed by atoms with Crippen molar-refractivity contribution in [2.24, 2.45) is 0 Å². The SMILES string of the molecule is COc1ccc(CNC(=O)CC2CSc3nc4c(cnn4-c4cccc(C)c4)c(=O)n32)cc1. The van der Waals surface area contributed by atoms with Crippen molar-refractivity contribution in [1.29, 1.82) is 0 Å². The topological polar surface area (TPSA) is 91.0 Å². The van der Waals surface area contributed by atoms with Gasteiger partial charge in [0.2, 0.25) is 5.91 Å². The van der Waals surface area contributed by atoms with Crippen molar-refractivity contribution < 1.29 is 9.53 Å². The zero-order valence-corrected chi connectivity index (χ0v) is 19.1. The molecule has 33 heavy (non-hydrogen) atoms. The lowest BCUT2D eigenvalue weighted by Crippen LogP contribution is -2.30. The molecule has 0 saturated heterocycles.